The number of rotatable bonds is 7. The van der Waals surface area contributed by atoms with Gasteiger partial charge in [0.15, 0.2) is 0 Å². The van der Waals surface area contributed by atoms with Gasteiger partial charge in [0.1, 0.15) is 0 Å². The third-order valence-electron chi connectivity index (χ3n) is 4.87. The van der Waals surface area contributed by atoms with Crippen molar-refractivity contribution in [2.75, 3.05) is 0 Å². The second-order valence-corrected chi connectivity index (χ2v) is 9.98. The van der Waals surface area contributed by atoms with Crippen LogP contribution in [-0.4, -0.2) is 5.71 Å². The van der Waals surface area contributed by atoms with Gasteiger partial charge in [0.05, 0.1) is 9.95 Å². The van der Waals surface area contributed by atoms with Crippen LogP contribution in [-0.2, 0) is 0 Å². The molecule has 0 fully saturated rings. The first-order valence-corrected chi connectivity index (χ1v) is 12.2. The van der Waals surface area contributed by atoms with E-state index in [1.807, 2.05) is 18.3 Å². The maximum atomic E-state index is 5.00. The highest BCUT2D eigenvalue weighted by Gasteiger charge is 2.08. The predicted octanol–water partition coefficient (Wildman–Crippen LogP) is 8.52. The molecule has 0 amide bonds. The predicted molar refractivity (Wildman–Crippen MR) is 141 cm³/mol. The Hall–Kier alpha value is -3.01. The van der Waals surface area contributed by atoms with Gasteiger partial charge in [0.25, 0.3) is 0 Å². The minimum atomic E-state index is 0.970. The summed E-state index contributed by atoms with van der Waals surface area (Å²) >= 11 is 3.49. The lowest BCUT2D eigenvalue weighted by atomic mass is 10.0. The molecule has 158 valence electrons. The zero-order valence-electron chi connectivity index (χ0n) is 18.2. The van der Waals surface area contributed by atoms with Gasteiger partial charge in [-0.2, -0.15) is 0 Å². The van der Waals surface area contributed by atoms with E-state index in [-0.39, 0.29) is 0 Å². The van der Waals surface area contributed by atoms with E-state index >= 15 is 0 Å². The molecule has 0 saturated carbocycles. The van der Waals surface area contributed by atoms with Gasteiger partial charge in [-0.05, 0) is 38.1 Å². The highest BCUT2D eigenvalue weighted by Crippen LogP contribution is 2.39. The summed E-state index contributed by atoms with van der Waals surface area (Å²) in [6, 6.07) is 38.0. The molecule has 0 radical (unpaired) electrons. The van der Waals surface area contributed by atoms with Crippen molar-refractivity contribution < 1.29 is 0 Å². The van der Waals surface area contributed by atoms with Crippen molar-refractivity contribution in [3.63, 3.8) is 0 Å². The van der Waals surface area contributed by atoms with Gasteiger partial charge >= 0.3 is 0 Å². The molecule has 0 heterocycles. The van der Waals surface area contributed by atoms with Crippen LogP contribution in [0, 0.1) is 13.8 Å². The van der Waals surface area contributed by atoms with Crippen molar-refractivity contribution in [1.82, 2.24) is 0 Å². The van der Waals surface area contributed by atoms with Crippen molar-refractivity contribution in [2.24, 2.45) is 4.99 Å². The molecule has 4 rings (SSSR count). The van der Waals surface area contributed by atoms with E-state index in [0.29, 0.717) is 0 Å². The molecule has 4 aromatic rings. The molecule has 0 aliphatic carbocycles. The number of hydrogen-bond acceptors (Lipinski definition) is 3. The van der Waals surface area contributed by atoms with E-state index in [1.54, 1.807) is 23.5 Å². The summed E-state index contributed by atoms with van der Waals surface area (Å²) < 4.78 is 1.13. The minimum absolute atomic E-state index is 0.970. The first-order chi connectivity index (χ1) is 15.7. The zero-order chi connectivity index (χ0) is 22.2. The first-order valence-electron chi connectivity index (χ1n) is 10.6. The summed E-state index contributed by atoms with van der Waals surface area (Å²) in [7, 11) is 0. The van der Waals surface area contributed by atoms with Crippen molar-refractivity contribution in [1.29, 1.82) is 0 Å². The van der Waals surface area contributed by atoms with Gasteiger partial charge in [-0.1, -0.05) is 120 Å². The van der Waals surface area contributed by atoms with Crippen LogP contribution < -0.4 is 0 Å². The number of benzene rings is 4. The molecule has 0 N–H and O–H groups in total. The van der Waals surface area contributed by atoms with Gasteiger partial charge in [0.2, 0.25) is 0 Å². The van der Waals surface area contributed by atoms with Crippen LogP contribution in [0.25, 0.3) is 0 Å². The number of thioether (sulfide) groups is 2. The van der Waals surface area contributed by atoms with Crippen LogP contribution >= 0.6 is 23.5 Å². The van der Waals surface area contributed by atoms with Gasteiger partial charge in [0, 0.05) is 27.1 Å². The summed E-state index contributed by atoms with van der Waals surface area (Å²) in [5, 5.41) is 0. The number of nitrogens with zero attached hydrogens (tertiary/aromatic N) is 1. The molecule has 0 aliphatic rings. The summed E-state index contributed by atoms with van der Waals surface area (Å²) in [6.45, 7) is 4.23. The van der Waals surface area contributed by atoms with E-state index in [9.17, 15) is 0 Å². The highest BCUT2D eigenvalue weighted by atomic mass is 32.2. The molecule has 0 aromatic heterocycles. The smallest absolute Gasteiger partial charge is 0.0774 e. The van der Waals surface area contributed by atoms with Crippen molar-refractivity contribution >= 4 is 29.2 Å². The van der Waals surface area contributed by atoms with Crippen LogP contribution in [0.3, 0.4) is 0 Å². The quantitative estimate of drug-likeness (QED) is 0.206. The monoisotopic (exact) mass is 451 g/mol. The van der Waals surface area contributed by atoms with Crippen LogP contribution in [0.4, 0.5) is 0 Å². The van der Waals surface area contributed by atoms with E-state index in [2.05, 4.69) is 111 Å². The molecule has 0 atom stereocenters. The third-order valence-corrected chi connectivity index (χ3v) is 7.00. The number of aliphatic imine (C=N–C) groups is 1. The van der Waals surface area contributed by atoms with Crippen LogP contribution in [0.15, 0.2) is 134 Å². The molecule has 1 nitrogen and oxygen atoms in total. The highest BCUT2D eigenvalue weighted by molar-refractivity contribution is 8.22. The van der Waals surface area contributed by atoms with Crippen molar-refractivity contribution in [3.05, 3.63) is 142 Å². The molecule has 0 saturated heterocycles. The lowest BCUT2D eigenvalue weighted by molar-refractivity contribution is 1.38. The van der Waals surface area contributed by atoms with E-state index < -0.39 is 0 Å². The Kier molecular flexibility index (Phi) is 7.65. The van der Waals surface area contributed by atoms with Gasteiger partial charge in [-0.15, -0.1) is 0 Å². The van der Waals surface area contributed by atoms with Gasteiger partial charge in [-0.25, -0.2) is 0 Å². The maximum Gasteiger partial charge on any atom is 0.0774 e. The first kappa shape index (κ1) is 22.2. The fourth-order valence-corrected chi connectivity index (χ4v) is 5.11. The van der Waals surface area contributed by atoms with Crippen LogP contribution in [0.1, 0.15) is 22.3 Å². The average molecular weight is 452 g/mol. The van der Waals surface area contributed by atoms with E-state index in [1.165, 1.54) is 20.9 Å². The zero-order valence-corrected chi connectivity index (χ0v) is 19.9. The van der Waals surface area contributed by atoms with Gasteiger partial charge in [-0.3, -0.25) is 4.99 Å². The maximum absolute atomic E-state index is 5.00. The SMILES string of the molecule is Cc1ccc(SC(=CN=C(c2ccccc2)c2ccccc2)Sc2ccc(C)cc2)cc1. The van der Waals surface area contributed by atoms with Crippen molar-refractivity contribution in [3.8, 4) is 0 Å². The fourth-order valence-electron chi connectivity index (χ4n) is 3.14. The van der Waals surface area contributed by atoms with Gasteiger partial charge < -0.3 is 0 Å². The Labute approximate surface area is 199 Å². The van der Waals surface area contributed by atoms with Crippen LogP contribution in [0.2, 0.25) is 0 Å². The fraction of sp³-hybridized carbons (Fsp3) is 0.0690. The summed E-state index contributed by atoms with van der Waals surface area (Å²) in [6.07, 6.45) is 2.00. The lowest BCUT2D eigenvalue weighted by Crippen LogP contribution is -2.02. The Morgan fingerprint density at radius 1 is 0.562 bits per heavy atom. The van der Waals surface area contributed by atoms with Crippen LogP contribution in [0.5, 0.6) is 0 Å². The molecule has 0 spiro atoms. The molecular weight excluding hydrogens is 426 g/mol. The Balaban J connectivity index is 1.72. The topological polar surface area (TPSA) is 12.4 Å². The van der Waals surface area contributed by atoms with Crippen molar-refractivity contribution in [2.45, 2.75) is 23.6 Å². The van der Waals surface area contributed by atoms with E-state index in [4.69, 9.17) is 4.99 Å². The minimum Gasteiger partial charge on any atom is -0.254 e. The van der Waals surface area contributed by atoms with E-state index in [0.717, 1.165) is 21.1 Å². The second-order valence-electron chi connectivity index (χ2n) is 7.49. The Morgan fingerprint density at radius 3 is 1.38 bits per heavy atom. The molecule has 0 bridgehead atoms. The normalized spacial score (nSPS) is 10.4. The molecular formula is C29H25NS2. The largest absolute Gasteiger partial charge is 0.254 e. The third kappa shape index (κ3) is 6.25. The summed E-state index contributed by atoms with van der Waals surface area (Å²) in [4.78, 5) is 7.42. The number of hydrogen-bond donors (Lipinski definition) is 0. The molecule has 32 heavy (non-hydrogen) atoms. The standard InChI is InChI=1S/C29H25NS2/c1-22-13-17-26(18-14-22)31-28(32-27-19-15-23(2)16-20-27)21-30-29(24-9-5-3-6-10-24)25-11-7-4-8-12-25/h3-21H,1-2H3. The second kappa shape index (κ2) is 11.0. The molecule has 0 unspecified atom stereocenters. The molecule has 0 aliphatic heterocycles. The lowest BCUT2D eigenvalue weighted by Gasteiger charge is -2.09. The molecule has 3 heteroatoms. The Bertz CT molecular complexity index is 1100. The Morgan fingerprint density at radius 2 is 0.969 bits per heavy atom. The molecule has 4 aromatic carbocycles. The number of aryl methyl sites for hydroxylation is 2. The summed E-state index contributed by atoms with van der Waals surface area (Å²) in [5.74, 6) is 0. The average Bonchev–Trinajstić information content (AvgIpc) is 2.83. The summed E-state index contributed by atoms with van der Waals surface area (Å²) in [5.41, 5.74) is 5.71.